The maximum absolute atomic E-state index is 12.5. The van der Waals surface area contributed by atoms with Crippen molar-refractivity contribution < 1.29 is 14.3 Å². The molecule has 0 unspecified atom stereocenters. The summed E-state index contributed by atoms with van der Waals surface area (Å²) in [6.45, 7) is 2.09. The Kier molecular flexibility index (Phi) is 4.04. The van der Waals surface area contributed by atoms with E-state index in [1.165, 1.54) is 5.56 Å². The number of rotatable bonds is 2. The van der Waals surface area contributed by atoms with Gasteiger partial charge in [-0.3, -0.25) is 9.59 Å². The molecule has 0 bridgehead atoms. The molecule has 1 aromatic rings. The lowest BCUT2D eigenvalue weighted by Crippen LogP contribution is -2.55. The number of hydrogen-bond donors (Lipinski definition) is 1. The molecule has 3 heterocycles. The van der Waals surface area contributed by atoms with E-state index in [0.717, 1.165) is 25.7 Å². The summed E-state index contributed by atoms with van der Waals surface area (Å²) in [6, 6.07) is 10.3. The van der Waals surface area contributed by atoms with E-state index in [-0.39, 0.29) is 29.4 Å². The van der Waals surface area contributed by atoms with E-state index in [1.54, 1.807) is 0 Å². The highest BCUT2D eigenvalue weighted by atomic mass is 16.5. The van der Waals surface area contributed by atoms with Crippen LogP contribution in [-0.4, -0.2) is 48.1 Å². The van der Waals surface area contributed by atoms with Gasteiger partial charge in [0.2, 0.25) is 5.91 Å². The predicted octanol–water partition coefficient (Wildman–Crippen LogP) is 1.83. The van der Waals surface area contributed by atoms with Crippen LogP contribution < -0.4 is 5.32 Å². The number of carbonyl (C=O) groups is 2. The molecule has 24 heavy (non-hydrogen) atoms. The quantitative estimate of drug-likeness (QED) is 0.901. The summed E-state index contributed by atoms with van der Waals surface area (Å²) < 4.78 is 5.53. The third-order valence-electron chi connectivity index (χ3n) is 5.82. The van der Waals surface area contributed by atoms with Crippen LogP contribution in [0.1, 0.15) is 43.6 Å². The lowest BCUT2D eigenvalue weighted by molar-refractivity contribution is -0.142. The van der Waals surface area contributed by atoms with Gasteiger partial charge in [0.05, 0.1) is 5.54 Å². The van der Waals surface area contributed by atoms with Crippen LogP contribution >= 0.6 is 0 Å². The van der Waals surface area contributed by atoms with E-state index < -0.39 is 0 Å². The van der Waals surface area contributed by atoms with E-state index in [9.17, 15) is 9.59 Å². The van der Waals surface area contributed by atoms with Gasteiger partial charge in [0.1, 0.15) is 6.10 Å². The SMILES string of the molecule is O=C1C[C@H](c2ccccc2)C2(CCN(C(=O)[C@H]3CCCO3)CC2)N1. The van der Waals surface area contributed by atoms with Crippen LogP contribution in [0.5, 0.6) is 0 Å². The van der Waals surface area contributed by atoms with Gasteiger partial charge in [0.25, 0.3) is 5.91 Å². The Morgan fingerprint density at radius 3 is 2.62 bits per heavy atom. The summed E-state index contributed by atoms with van der Waals surface area (Å²) in [5.41, 5.74) is 1.01. The molecule has 1 N–H and O–H groups in total. The van der Waals surface area contributed by atoms with Crippen LogP contribution in [0, 0.1) is 0 Å². The highest BCUT2D eigenvalue weighted by Gasteiger charge is 2.49. The van der Waals surface area contributed by atoms with Gasteiger partial charge in [-0.2, -0.15) is 0 Å². The van der Waals surface area contributed by atoms with Crippen molar-refractivity contribution in [1.82, 2.24) is 10.2 Å². The standard InChI is InChI=1S/C19H24N2O3/c22-17-13-15(14-5-2-1-3-6-14)19(20-17)8-10-21(11-9-19)18(23)16-7-4-12-24-16/h1-3,5-6,15-16H,4,7-13H2,(H,20,22)/t15-,16-/m1/s1. The van der Waals surface area contributed by atoms with Crippen molar-refractivity contribution in [3.8, 4) is 0 Å². The number of ether oxygens (including phenoxy) is 1. The molecule has 2 atom stereocenters. The average molecular weight is 328 g/mol. The van der Waals surface area contributed by atoms with Crippen LogP contribution in [0.25, 0.3) is 0 Å². The third kappa shape index (κ3) is 2.71. The van der Waals surface area contributed by atoms with Gasteiger partial charge in [-0.25, -0.2) is 0 Å². The Labute approximate surface area is 142 Å². The Morgan fingerprint density at radius 1 is 1.21 bits per heavy atom. The van der Waals surface area contributed by atoms with Gasteiger partial charge in [0, 0.05) is 32.0 Å². The maximum atomic E-state index is 12.5. The van der Waals surface area contributed by atoms with Gasteiger partial charge in [0.15, 0.2) is 0 Å². The first kappa shape index (κ1) is 15.6. The number of nitrogens with zero attached hydrogens (tertiary/aromatic N) is 1. The second kappa shape index (κ2) is 6.20. The van der Waals surface area contributed by atoms with Crippen molar-refractivity contribution in [2.45, 2.75) is 49.7 Å². The van der Waals surface area contributed by atoms with Gasteiger partial charge in [-0.05, 0) is 31.2 Å². The van der Waals surface area contributed by atoms with Crippen LogP contribution in [-0.2, 0) is 14.3 Å². The number of hydrogen-bond acceptors (Lipinski definition) is 3. The molecule has 3 saturated heterocycles. The monoisotopic (exact) mass is 328 g/mol. The lowest BCUT2D eigenvalue weighted by Gasteiger charge is -2.43. The number of amides is 2. The fourth-order valence-corrected chi connectivity index (χ4v) is 4.49. The van der Waals surface area contributed by atoms with E-state index in [0.29, 0.717) is 26.1 Å². The van der Waals surface area contributed by atoms with E-state index in [2.05, 4.69) is 17.4 Å². The second-order valence-corrected chi connectivity index (χ2v) is 7.20. The molecule has 3 aliphatic heterocycles. The van der Waals surface area contributed by atoms with E-state index >= 15 is 0 Å². The molecule has 5 nitrogen and oxygen atoms in total. The lowest BCUT2D eigenvalue weighted by atomic mass is 9.74. The smallest absolute Gasteiger partial charge is 0.251 e. The van der Waals surface area contributed by atoms with Crippen molar-refractivity contribution in [2.24, 2.45) is 0 Å². The minimum Gasteiger partial charge on any atom is -0.368 e. The number of piperidine rings is 1. The molecule has 2 amide bonds. The van der Waals surface area contributed by atoms with Gasteiger partial charge < -0.3 is 15.0 Å². The Hall–Kier alpha value is -1.88. The molecular weight excluding hydrogens is 304 g/mol. The molecule has 1 spiro atoms. The number of likely N-dealkylation sites (tertiary alicyclic amines) is 1. The molecule has 4 rings (SSSR count). The Balaban J connectivity index is 1.48. The van der Waals surface area contributed by atoms with Crippen molar-refractivity contribution in [3.05, 3.63) is 35.9 Å². The number of benzene rings is 1. The van der Waals surface area contributed by atoms with Gasteiger partial charge >= 0.3 is 0 Å². The Bertz CT molecular complexity index is 617. The van der Waals surface area contributed by atoms with Gasteiger partial charge in [-0.15, -0.1) is 0 Å². The minimum absolute atomic E-state index is 0.128. The largest absolute Gasteiger partial charge is 0.368 e. The fourth-order valence-electron chi connectivity index (χ4n) is 4.49. The van der Waals surface area contributed by atoms with Crippen molar-refractivity contribution in [2.75, 3.05) is 19.7 Å². The van der Waals surface area contributed by atoms with Crippen LogP contribution in [0.15, 0.2) is 30.3 Å². The van der Waals surface area contributed by atoms with Crippen molar-refractivity contribution >= 4 is 11.8 Å². The molecule has 0 aliphatic carbocycles. The zero-order chi connectivity index (χ0) is 16.6. The molecule has 5 heteroatoms. The highest BCUT2D eigenvalue weighted by molar-refractivity contribution is 5.83. The van der Waals surface area contributed by atoms with E-state index in [4.69, 9.17) is 4.74 Å². The van der Waals surface area contributed by atoms with Crippen LogP contribution in [0.2, 0.25) is 0 Å². The Morgan fingerprint density at radius 2 is 1.96 bits per heavy atom. The minimum atomic E-state index is -0.248. The van der Waals surface area contributed by atoms with Crippen molar-refractivity contribution in [3.63, 3.8) is 0 Å². The fraction of sp³-hybridized carbons (Fsp3) is 0.579. The maximum Gasteiger partial charge on any atom is 0.251 e. The molecule has 0 saturated carbocycles. The van der Waals surface area contributed by atoms with Crippen molar-refractivity contribution in [1.29, 1.82) is 0 Å². The zero-order valence-electron chi connectivity index (χ0n) is 13.9. The summed E-state index contributed by atoms with van der Waals surface area (Å²) in [6.07, 6.45) is 3.74. The summed E-state index contributed by atoms with van der Waals surface area (Å²) in [7, 11) is 0. The summed E-state index contributed by atoms with van der Waals surface area (Å²) >= 11 is 0. The molecule has 128 valence electrons. The number of nitrogens with one attached hydrogen (secondary N) is 1. The summed E-state index contributed by atoms with van der Waals surface area (Å²) in [5.74, 6) is 0.455. The van der Waals surface area contributed by atoms with Gasteiger partial charge in [-0.1, -0.05) is 30.3 Å². The first-order valence-corrected chi connectivity index (χ1v) is 8.94. The summed E-state index contributed by atoms with van der Waals surface area (Å²) in [4.78, 5) is 26.6. The second-order valence-electron chi connectivity index (χ2n) is 7.20. The summed E-state index contributed by atoms with van der Waals surface area (Å²) in [5, 5.41) is 3.24. The average Bonchev–Trinajstić information content (AvgIpc) is 3.24. The van der Waals surface area contributed by atoms with Crippen LogP contribution in [0.3, 0.4) is 0 Å². The molecule has 0 radical (unpaired) electrons. The first-order valence-electron chi connectivity index (χ1n) is 8.94. The normalized spacial score (nSPS) is 29.0. The molecule has 3 aliphatic rings. The zero-order valence-corrected chi connectivity index (χ0v) is 13.9. The third-order valence-corrected chi connectivity index (χ3v) is 5.82. The molecular formula is C19H24N2O3. The van der Waals surface area contributed by atoms with E-state index in [1.807, 2.05) is 23.1 Å². The molecule has 1 aromatic carbocycles. The molecule has 0 aromatic heterocycles. The molecule has 3 fully saturated rings. The predicted molar refractivity (Wildman–Crippen MR) is 89.5 cm³/mol. The van der Waals surface area contributed by atoms with Crippen LogP contribution in [0.4, 0.5) is 0 Å². The number of carbonyl (C=O) groups excluding carboxylic acids is 2. The topological polar surface area (TPSA) is 58.6 Å². The highest BCUT2D eigenvalue weighted by Crippen LogP contribution is 2.43. The first-order chi connectivity index (χ1) is 11.7.